The molecule has 0 aliphatic carbocycles. The molecule has 2 N–H and O–H groups in total. The van der Waals surface area contributed by atoms with Crippen molar-refractivity contribution in [1.82, 2.24) is 0 Å². The van der Waals surface area contributed by atoms with E-state index in [1.165, 1.54) is 7.11 Å². The van der Waals surface area contributed by atoms with Crippen molar-refractivity contribution in [1.29, 1.82) is 0 Å². The van der Waals surface area contributed by atoms with Crippen LogP contribution in [0.25, 0.3) is 0 Å². The molecule has 0 spiro atoms. The number of hydrogen-bond acceptors (Lipinski definition) is 5. The maximum Gasteiger partial charge on any atom is 0.338 e. The van der Waals surface area contributed by atoms with Crippen molar-refractivity contribution in [3.8, 4) is 36.2 Å². The minimum atomic E-state index is -0.431. The number of carbonyl (C=O) groups is 1. The van der Waals surface area contributed by atoms with Crippen LogP contribution in [0.3, 0.4) is 0 Å². The Kier molecular flexibility index (Phi) is 12.1. The third kappa shape index (κ3) is 8.37. The normalized spacial score (nSPS) is 10.0. The number of rotatable bonds is 14. The van der Waals surface area contributed by atoms with Crippen LogP contribution in [0.1, 0.15) is 60.9 Å². The molecule has 0 heterocycles. The molecule has 28 heavy (non-hydrogen) atoms. The van der Waals surface area contributed by atoms with Crippen molar-refractivity contribution in [2.45, 2.75) is 51.4 Å². The molecule has 1 rings (SSSR count). The SMILES string of the molecule is C#CCCCCOc1cc(C(=O)OC)cc(OCCCCC#C)c1CCCN. The standard InChI is InChI=1S/C23H31NO4/c1-4-6-8-10-15-27-21-17-19(23(25)26-3)18-22(20(21)13-12-14-24)28-16-11-9-7-5-2/h1-2,17-18H,6-16,24H2,3H3. The Bertz CT molecular complexity index is 640. The number of methoxy groups -OCH3 is 1. The highest BCUT2D eigenvalue weighted by molar-refractivity contribution is 5.90. The number of ether oxygens (including phenoxy) is 3. The van der Waals surface area contributed by atoms with E-state index >= 15 is 0 Å². The Labute approximate surface area is 168 Å². The Morgan fingerprint density at radius 3 is 1.93 bits per heavy atom. The van der Waals surface area contributed by atoms with Gasteiger partial charge in [-0.3, -0.25) is 0 Å². The lowest BCUT2D eigenvalue weighted by Crippen LogP contribution is -2.10. The summed E-state index contributed by atoms with van der Waals surface area (Å²) in [7, 11) is 1.35. The molecule has 5 nitrogen and oxygen atoms in total. The van der Waals surface area contributed by atoms with Gasteiger partial charge in [0.25, 0.3) is 0 Å². The summed E-state index contributed by atoms with van der Waals surface area (Å²) in [6, 6.07) is 3.42. The van der Waals surface area contributed by atoms with E-state index in [1.807, 2.05) is 0 Å². The Morgan fingerprint density at radius 2 is 1.50 bits per heavy atom. The van der Waals surface area contributed by atoms with Crippen LogP contribution in [0.15, 0.2) is 12.1 Å². The van der Waals surface area contributed by atoms with Crippen molar-refractivity contribution in [3.63, 3.8) is 0 Å². The minimum absolute atomic E-state index is 0.399. The third-order valence-corrected chi connectivity index (χ3v) is 4.17. The summed E-state index contributed by atoms with van der Waals surface area (Å²) in [6.45, 7) is 1.59. The van der Waals surface area contributed by atoms with Crippen LogP contribution in [0, 0.1) is 24.7 Å². The average Bonchev–Trinajstić information content (AvgIpc) is 2.71. The zero-order valence-electron chi connectivity index (χ0n) is 16.8. The zero-order valence-corrected chi connectivity index (χ0v) is 16.8. The summed E-state index contributed by atoms with van der Waals surface area (Å²) in [5, 5.41) is 0. The summed E-state index contributed by atoms with van der Waals surface area (Å²) in [6.07, 6.45) is 17.0. The van der Waals surface area contributed by atoms with E-state index in [0.29, 0.717) is 43.2 Å². The average molecular weight is 386 g/mol. The molecule has 152 valence electrons. The van der Waals surface area contributed by atoms with Gasteiger partial charge in [0, 0.05) is 18.4 Å². The van der Waals surface area contributed by atoms with Crippen LogP contribution in [0.2, 0.25) is 0 Å². The van der Waals surface area contributed by atoms with Gasteiger partial charge >= 0.3 is 5.97 Å². The molecular formula is C23H31NO4. The number of terminal acetylenes is 2. The summed E-state index contributed by atoms with van der Waals surface area (Å²) < 4.78 is 16.8. The molecule has 0 saturated heterocycles. The highest BCUT2D eigenvalue weighted by Gasteiger charge is 2.17. The molecule has 1 aromatic carbocycles. The molecule has 0 aliphatic rings. The second-order valence-electron chi connectivity index (χ2n) is 6.35. The fraction of sp³-hybridized carbons (Fsp3) is 0.522. The topological polar surface area (TPSA) is 70.8 Å². The van der Waals surface area contributed by atoms with Gasteiger partial charge in [0.15, 0.2) is 0 Å². The van der Waals surface area contributed by atoms with E-state index < -0.39 is 5.97 Å². The van der Waals surface area contributed by atoms with Crippen LogP contribution >= 0.6 is 0 Å². The van der Waals surface area contributed by atoms with Crippen LogP contribution < -0.4 is 15.2 Å². The van der Waals surface area contributed by atoms with Crippen LogP contribution in [-0.2, 0) is 11.2 Å². The Hall–Kier alpha value is -2.63. The van der Waals surface area contributed by atoms with Gasteiger partial charge in [0.1, 0.15) is 11.5 Å². The van der Waals surface area contributed by atoms with Crippen LogP contribution in [0.5, 0.6) is 11.5 Å². The molecule has 0 aliphatic heterocycles. The Morgan fingerprint density at radius 1 is 0.964 bits per heavy atom. The summed E-state index contributed by atoms with van der Waals surface area (Å²) in [5.74, 6) is 6.08. The molecule has 0 amide bonds. The highest BCUT2D eigenvalue weighted by atomic mass is 16.5. The van der Waals surface area contributed by atoms with Gasteiger partial charge in [-0.05, 0) is 57.2 Å². The quantitative estimate of drug-likeness (QED) is 0.300. The lowest BCUT2D eigenvalue weighted by Gasteiger charge is -2.18. The van der Waals surface area contributed by atoms with Gasteiger partial charge in [-0.25, -0.2) is 4.79 Å². The number of hydrogen-bond donors (Lipinski definition) is 1. The van der Waals surface area contributed by atoms with E-state index in [9.17, 15) is 4.79 Å². The fourth-order valence-electron chi connectivity index (χ4n) is 2.66. The first-order valence-electron chi connectivity index (χ1n) is 9.75. The first kappa shape index (κ1) is 23.4. The largest absolute Gasteiger partial charge is 0.493 e. The molecule has 1 aromatic rings. The molecular weight excluding hydrogens is 354 g/mol. The highest BCUT2D eigenvalue weighted by Crippen LogP contribution is 2.33. The third-order valence-electron chi connectivity index (χ3n) is 4.17. The number of carbonyl (C=O) groups excluding carboxylic acids is 1. The smallest absolute Gasteiger partial charge is 0.338 e. The van der Waals surface area contributed by atoms with Gasteiger partial charge in [-0.1, -0.05) is 0 Å². The second-order valence-corrected chi connectivity index (χ2v) is 6.35. The maximum atomic E-state index is 12.1. The molecule has 0 atom stereocenters. The lowest BCUT2D eigenvalue weighted by molar-refractivity contribution is 0.0599. The van der Waals surface area contributed by atoms with Crippen molar-refractivity contribution >= 4 is 5.97 Å². The first-order valence-corrected chi connectivity index (χ1v) is 9.75. The van der Waals surface area contributed by atoms with E-state index in [0.717, 1.165) is 50.5 Å². The molecule has 0 bridgehead atoms. The number of benzene rings is 1. The first-order chi connectivity index (χ1) is 13.7. The number of esters is 1. The second kappa shape index (κ2) is 14.4. The van der Waals surface area contributed by atoms with E-state index in [2.05, 4.69) is 11.8 Å². The van der Waals surface area contributed by atoms with Gasteiger partial charge in [0.2, 0.25) is 0 Å². The fourth-order valence-corrected chi connectivity index (χ4v) is 2.66. The predicted octanol–water partition coefficient (Wildman–Crippen LogP) is 3.73. The van der Waals surface area contributed by atoms with E-state index in [-0.39, 0.29) is 0 Å². The maximum absolute atomic E-state index is 12.1. The van der Waals surface area contributed by atoms with Gasteiger partial charge < -0.3 is 19.9 Å². The van der Waals surface area contributed by atoms with Crippen molar-refractivity contribution in [2.24, 2.45) is 5.73 Å². The Balaban J connectivity index is 3.02. The predicted molar refractivity (Wildman–Crippen MR) is 112 cm³/mol. The molecule has 0 radical (unpaired) electrons. The number of unbranched alkanes of at least 4 members (excludes halogenated alkanes) is 4. The van der Waals surface area contributed by atoms with Gasteiger partial charge in [-0.2, -0.15) is 0 Å². The molecule has 0 saturated carbocycles. The van der Waals surface area contributed by atoms with Crippen molar-refractivity contribution in [2.75, 3.05) is 26.9 Å². The van der Waals surface area contributed by atoms with Crippen LogP contribution in [-0.4, -0.2) is 32.8 Å². The number of nitrogens with two attached hydrogens (primary N) is 1. The van der Waals surface area contributed by atoms with Crippen molar-refractivity contribution in [3.05, 3.63) is 23.3 Å². The monoisotopic (exact) mass is 385 g/mol. The molecule has 5 heteroatoms. The molecule has 0 aromatic heterocycles. The summed E-state index contributed by atoms with van der Waals surface area (Å²) >= 11 is 0. The van der Waals surface area contributed by atoms with Gasteiger partial charge in [0.05, 0.1) is 25.9 Å². The molecule has 0 unspecified atom stereocenters. The van der Waals surface area contributed by atoms with Gasteiger partial charge in [-0.15, -0.1) is 24.7 Å². The summed E-state index contributed by atoms with van der Waals surface area (Å²) in [4.78, 5) is 12.1. The van der Waals surface area contributed by atoms with E-state index in [1.54, 1.807) is 12.1 Å². The van der Waals surface area contributed by atoms with E-state index in [4.69, 9.17) is 32.8 Å². The lowest BCUT2D eigenvalue weighted by atomic mass is 10.0. The molecule has 0 fully saturated rings. The zero-order chi connectivity index (χ0) is 20.6. The van der Waals surface area contributed by atoms with Crippen molar-refractivity contribution < 1.29 is 19.0 Å². The summed E-state index contributed by atoms with van der Waals surface area (Å²) in [5.41, 5.74) is 7.02. The minimum Gasteiger partial charge on any atom is -0.493 e. The van der Waals surface area contributed by atoms with Crippen LogP contribution in [0.4, 0.5) is 0 Å².